The number of rotatable bonds is 3. The predicted molar refractivity (Wildman–Crippen MR) is 72.9 cm³/mol. The predicted octanol–water partition coefficient (Wildman–Crippen LogP) is 2.73. The fourth-order valence-corrected chi connectivity index (χ4v) is 3.27. The maximum absolute atomic E-state index is 6.36. The van der Waals surface area contributed by atoms with Crippen molar-refractivity contribution in [3.63, 3.8) is 0 Å². The number of hydrogen-bond donors (Lipinski definition) is 1. The highest BCUT2D eigenvalue weighted by molar-refractivity contribution is 7.17. The van der Waals surface area contributed by atoms with Crippen molar-refractivity contribution in [2.75, 3.05) is 6.61 Å². The monoisotopic (exact) mass is 263 g/mol. The van der Waals surface area contributed by atoms with Crippen LogP contribution >= 0.6 is 11.3 Å². The molecule has 0 radical (unpaired) electrons. The first-order valence-electron chi connectivity index (χ1n) is 6.37. The van der Waals surface area contributed by atoms with Crippen LogP contribution in [0.5, 0.6) is 5.88 Å². The van der Waals surface area contributed by atoms with Gasteiger partial charge in [-0.1, -0.05) is 19.3 Å². The second-order valence-electron chi connectivity index (χ2n) is 5.03. The maximum Gasteiger partial charge on any atom is 0.234 e. The van der Waals surface area contributed by atoms with Gasteiger partial charge in [-0.15, -0.1) is 11.3 Å². The van der Waals surface area contributed by atoms with E-state index in [0.717, 1.165) is 23.1 Å². The quantitative estimate of drug-likeness (QED) is 0.925. The third-order valence-corrected chi connectivity index (χ3v) is 4.45. The first kappa shape index (κ1) is 11.9. The van der Waals surface area contributed by atoms with Crippen molar-refractivity contribution in [2.24, 2.45) is 5.73 Å². The number of nitrogens with zero attached hydrogens (tertiary/aromatic N) is 2. The van der Waals surface area contributed by atoms with Crippen LogP contribution in [-0.4, -0.2) is 22.1 Å². The van der Waals surface area contributed by atoms with Gasteiger partial charge in [0.15, 0.2) is 0 Å². The summed E-state index contributed by atoms with van der Waals surface area (Å²) in [6.07, 6.45) is 7.35. The summed E-state index contributed by atoms with van der Waals surface area (Å²) in [7, 11) is 0. The van der Waals surface area contributed by atoms with Crippen molar-refractivity contribution in [2.45, 2.75) is 37.6 Å². The van der Waals surface area contributed by atoms with Gasteiger partial charge in [0.05, 0.1) is 11.1 Å². The van der Waals surface area contributed by atoms with Crippen LogP contribution in [0.4, 0.5) is 0 Å². The van der Waals surface area contributed by atoms with Gasteiger partial charge in [0, 0.05) is 0 Å². The Balaban J connectivity index is 1.74. The van der Waals surface area contributed by atoms with Crippen LogP contribution in [0.15, 0.2) is 17.8 Å². The minimum atomic E-state index is -0.174. The van der Waals surface area contributed by atoms with E-state index in [9.17, 15) is 0 Å². The Hall–Kier alpha value is -1.20. The Morgan fingerprint density at radius 2 is 2.11 bits per heavy atom. The minimum Gasteiger partial charge on any atom is -0.475 e. The van der Waals surface area contributed by atoms with Crippen molar-refractivity contribution in [1.29, 1.82) is 0 Å². The van der Waals surface area contributed by atoms with Crippen LogP contribution in [0.2, 0.25) is 0 Å². The second kappa shape index (κ2) is 4.82. The van der Waals surface area contributed by atoms with E-state index in [2.05, 4.69) is 9.97 Å². The zero-order valence-electron chi connectivity index (χ0n) is 10.3. The number of nitrogens with two attached hydrogens (primary N) is 1. The lowest BCUT2D eigenvalue weighted by Crippen LogP contribution is -2.47. The molecule has 2 N–H and O–H groups in total. The minimum absolute atomic E-state index is 0.174. The molecule has 1 aliphatic rings. The fourth-order valence-electron chi connectivity index (χ4n) is 2.48. The van der Waals surface area contributed by atoms with Crippen molar-refractivity contribution in [1.82, 2.24) is 9.97 Å². The zero-order chi connectivity index (χ0) is 12.4. The van der Waals surface area contributed by atoms with Crippen molar-refractivity contribution in [3.05, 3.63) is 17.8 Å². The fraction of sp³-hybridized carbons (Fsp3) is 0.538. The van der Waals surface area contributed by atoms with Crippen LogP contribution < -0.4 is 10.5 Å². The molecule has 1 aliphatic carbocycles. The molecule has 0 unspecified atom stereocenters. The smallest absolute Gasteiger partial charge is 0.234 e. The van der Waals surface area contributed by atoms with Crippen LogP contribution in [0.3, 0.4) is 0 Å². The van der Waals surface area contributed by atoms with Crippen LogP contribution in [0.1, 0.15) is 32.1 Å². The third kappa shape index (κ3) is 2.33. The lowest BCUT2D eigenvalue weighted by Gasteiger charge is -2.32. The van der Waals surface area contributed by atoms with Gasteiger partial charge < -0.3 is 10.5 Å². The topological polar surface area (TPSA) is 61.0 Å². The molecule has 0 aromatic carbocycles. The molecule has 96 valence electrons. The molecule has 2 aromatic rings. The van der Waals surface area contributed by atoms with Gasteiger partial charge in [-0.25, -0.2) is 9.97 Å². The second-order valence-corrected chi connectivity index (χ2v) is 5.94. The van der Waals surface area contributed by atoms with Crippen molar-refractivity contribution in [3.8, 4) is 5.88 Å². The van der Waals surface area contributed by atoms with Crippen LogP contribution in [0.25, 0.3) is 10.2 Å². The highest BCUT2D eigenvalue weighted by Crippen LogP contribution is 2.30. The summed E-state index contributed by atoms with van der Waals surface area (Å²) < 4.78 is 6.87. The lowest BCUT2D eigenvalue weighted by molar-refractivity contribution is 0.171. The van der Waals surface area contributed by atoms with Gasteiger partial charge in [0.2, 0.25) is 5.88 Å². The molecule has 0 bridgehead atoms. The maximum atomic E-state index is 6.36. The van der Waals surface area contributed by atoms with E-state index in [1.807, 2.05) is 11.4 Å². The first-order valence-corrected chi connectivity index (χ1v) is 7.25. The largest absolute Gasteiger partial charge is 0.475 e. The lowest BCUT2D eigenvalue weighted by atomic mass is 9.83. The molecule has 1 saturated carbocycles. The molecule has 0 saturated heterocycles. The summed E-state index contributed by atoms with van der Waals surface area (Å²) in [6, 6.07) is 1.98. The molecular formula is C13H17N3OS. The molecule has 0 aliphatic heterocycles. The van der Waals surface area contributed by atoms with E-state index in [1.54, 1.807) is 17.7 Å². The Bertz CT molecular complexity index is 534. The molecular weight excluding hydrogens is 246 g/mol. The Kier molecular flexibility index (Phi) is 3.18. The number of fused-ring (bicyclic) bond motifs is 1. The van der Waals surface area contributed by atoms with E-state index in [-0.39, 0.29) is 5.54 Å². The van der Waals surface area contributed by atoms with E-state index >= 15 is 0 Å². The molecule has 0 amide bonds. The summed E-state index contributed by atoms with van der Waals surface area (Å²) >= 11 is 1.61. The summed E-state index contributed by atoms with van der Waals surface area (Å²) in [5, 5.41) is 2.00. The van der Waals surface area contributed by atoms with Gasteiger partial charge in [-0.3, -0.25) is 0 Å². The van der Waals surface area contributed by atoms with Gasteiger partial charge in [-0.05, 0) is 24.3 Å². The summed E-state index contributed by atoms with van der Waals surface area (Å²) in [4.78, 5) is 8.42. The van der Waals surface area contributed by atoms with Crippen LogP contribution in [0, 0.1) is 0 Å². The van der Waals surface area contributed by atoms with E-state index < -0.39 is 0 Å². The molecule has 0 atom stereocenters. The third-order valence-electron chi connectivity index (χ3n) is 3.56. The van der Waals surface area contributed by atoms with Crippen molar-refractivity contribution < 1.29 is 4.74 Å². The zero-order valence-corrected chi connectivity index (χ0v) is 11.1. The number of ether oxygens (including phenoxy) is 1. The highest BCUT2D eigenvalue weighted by atomic mass is 32.1. The number of hydrogen-bond acceptors (Lipinski definition) is 5. The molecule has 4 nitrogen and oxygen atoms in total. The van der Waals surface area contributed by atoms with E-state index in [0.29, 0.717) is 12.5 Å². The number of aromatic nitrogens is 2. The molecule has 18 heavy (non-hydrogen) atoms. The molecule has 2 aromatic heterocycles. The molecule has 3 rings (SSSR count). The standard InChI is InChI=1S/C13H17N3OS/c14-13(5-2-1-3-6-13)8-17-12-11-10(4-7-18-11)15-9-16-12/h4,7,9H,1-3,5-6,8,14H2. The highest BCUT2D eigenvalue weighted by Gasteiger charge is 2.28. The average Bonchev–Trinajstić information content (AvgIpc) is 2.86. The van der Waals surface area contributed by atoms with E-state index in [4.69, 9.17) is 10.5 Å². The Morgan fingerprint density at radius 1 is 1.28 bits per heavy atom. The molecule has 5 heteroatoms. The molecule has 0 spiro atoms. The average molecular weight is 263 g/mol. The van der Waals surface area contributed by atoms with Crippen LogP contribution in [-0.2, 0) is 0 Å². The van der Waals surface area contributed by atoms with Gasteiger partial charge in [0.1, 0.15) is 17.6 Å². The Labute approximate surface area is 110 Å². The van der Waals surface area contributed by atoms with Crippen molar-refractivity contribution >= 4 is 21.6 Å². The summed E-state index contributed by atoms with van der Waals surface area (Å²) in [6.45, 7) is 0.553. The SMILES string of the molecule is NC1(COc2ncnc3ccsc23)CCCCC1. The Morgan fingerprint density at radius 3 is 2.94 bits per heavy atom. The van der Waals surface area contributed by atoms with Gasteiger partial charge in [-0.2, -0.15) is 0 Å². The first-order chi connectivity index (χ1) is 8.77. The normalized spacial score (nSPS) is 18.9. The van der Waals surface area contributed by atoms with E-state index in [1.165, 1.54) is 19.3 Å². The summed E-state index contributed by atoms with van der Waals surface area (Å²) in [5.41, 5.74) is 7.13. The van der Waals surface area contributed by atoms with Gasteiger partial charge >= 0.3 is 0 Å². The number of thiophene rings is 1. The molecule has 1 fully saturated rings. The molecule has 2 heterocycles. The summed E-state index contributed by atoms with van der Waals surface area (Å²) in [5.74, 6) is 0.672. The van der Waals surface area contributed by atoms with Gasteiger partial charge in [0.25, 0.3) is 0 Å².